The number of rotatable bonds is 2. The van der Waals surface area contributed by atoms with Crippen LogP contribution in [-0.4, -0.2) is 27.1 Å². The Morgan fingerprint density at radius 1 is 1.23 bits per heavy atom. The van der Waals surface area contributed by atoms with Gasteiger partial charge in [0.25, 0.3) is 11.8 Å². The lowest BCUT2D eigenvalue weighted by molar-refractivity contribution is 0.0930. The van der Waals surface area contributed by atoms with Crippen molar-refractivity contribution in [1.82, 2.24) is 26.4 Å². The first-order valence-electron chi connectivity index (χ1n) is 6.15. The molecule has 22 heavy (non-hydrogen) atoms. The SMILES string of the molecule is Cc1cc(C(=O)NNC(=S)NC(=O)c2ccccc2I)n[nH]1. The second-order valence-corrected chi connectivity index (χ2v) is 5.85. The van der Waals surface area contributed by atoms with Gasteiger partial charge in [0.1, 0.15) is 0 Å². The van der Waals surface area contributed by atoms with Crippen molar-refractivity contribution in [3.8, 4) is 0 Å². The average molecular weight is 429 g/mol. The minimum atomic E-state index is -0.463. The molecule has 0 aliphatic heterocycles. The van der Waals surface area contributed by atoms with Crippen molar-refractivity contribution in [3.05, 3.63) is 50.9 Å². The zero-order valence-electron chi connectivity index (χ0n) is 11.4. The zero-order valence-corrected chi connectivity index (χ0v) is 14.4. The standard InChI is InChI=1S/C13H12IN5O2S/c1-7-6-10(17-16-7)12(21)18-19-13(22)15-11(20)8-4-2-3-5-9(8)14/h2-6H,1H3,(H,16,17)(H,18,21)(H2,15,19,20,22). The number of carbonyl (C=O) groups excluding carboxylic acids is 2. The number of aromatic nitrogens is 2. The highest BCUT2D eigenvalue weighted by molar-refractivity contribution is 14.1. The van der Waals surface area contributed by atoms with Crippen LogP contribution in [0.15, 0.2) is 30.3 Å². The van der Waals surface area contributed by atoms with Crippen molar-refractivity contribution >= 4 is 51.7 Å². The molecule has 7 nitrogen and oxygen atoms in total. The fourth-order valence-electron chi connectivity index (χ4n) is 1.56. The number of halogens is 1. The fraction of sp³-hybridized carbons (Fsp3) is 0.0769. The van der Waals surface area contributed by atoms with E-state index in [1.54, 1.807) is 25.1 Å². The van der Waals surface area contributed by atoms with E-state index in [0.29, 0.717) is 5.56 Å². The molecule has 0 unspecified atom stereocenters. The highest BCUT2D eigenvalue weighted by atomic mass is 127. The minimum absolute atomic E-state index is 0.00902. The van der Waals surface area contributed by atoms with E-state index in [2.05, 4.69) is 49.0 Å². The molecule has 1 heterocycles. The monoisotopic (exact) mass is 429 g/mol. The number of amides is 2. The van der Waals surface area contributed by atoms with E-state index in [4.69, 9.17) is 12.2 Å². The van der Waals surface area contributed by atoms with Gasteiger partial charge in [-0.1, -0.05) is 12.1 Å². The Labute approximate surface area is 145 Å². The van der Waals surface area contributed by atoms with Crippen molar-refractivity contribution in [2.45, 2.75) is 6.92 Å². The van der Waals surface area contributed by atoms with Gasteiger partial charge in [-0.05, 0) is 59.9 Å². The molecule has 0 saturated heterocycles. The van der Waals surface area contributed by atoms with Gasteiger partial charge in [-0.2, -0.15) is 5.10 Å². The lowest BCUT2D eigenvalue weighted by Gasteiger charge is -2.10. The summed E-state index contributed by atoms with van der Waals surface area (Å²) in [5, 5.41) is 8.93. The molecule has 9 heteroatoms. The van der Waals surface area contributed by atoms with Crippen molar-refractivity contribution < 1.29 is 9.59 Å². The van der Waals surface area contributed by atoms with E-state index in [9.17, 15) is 9.59 Å². The summed E-state index contributed by atoms with van der Waals surface area (Å²) in [6.07, 6.45) is 0. The van der Waals surface area contributed by atoms with Gasteiger partial charge in [0, 0.05) is 9.26 Å². The highest BCUT2D eigenvalue weighted by Crippen LogP contribution is 2.10. The third-order valence-electron chi connectivity index (χ3n) is 2.57. The summed E-state index contributed by atoms with van der Waals surface area (Å²) >= 11 is 7.02. The van der Waals surface area contributed by atoms with Crippen LogP contribution in [0.25, 0.3) is 0 Å². The van der Waals surface area contributed by atoms with Crippen molar-refractivity contribution in [2.24, 2.45) is 0 Å². The molecule has 0 saturated carbocycles. The van der Waals surface area contributed by atoms with Gasteiger partial charge < -0.3 is 0 Å². The number of nitrogens with one attached hydrogen (secondary N) is 4. The molecule has 0 atom stereocenters. The molecule has 0 aliphatic rings. The molecular weight excluding hydrogens is 417 g/mol. The summed E-state index contributed by atoms with van der Waals surface area (Å²) in [5.41, 5.74) is 6.29. The molecule has 2 rings (SSSR count). The zero-order chi connectivity index (χ0) is 16.1. The lowest BCUT2D eigenvalue weighted by Crippen LogP contribution is -2.48. The van der Waals surface area contributed by atoms with Gasteiger partial charge in [0.15, 0.2) is 10.8 Å². The molecule has 4 N–H and O–H groups in total. The summed E-state index contributed by atoms with van der Waals surface area (Å²) in [6.45, 7) is 1.78. The molecule has 0 radical (unpaired) electrons. The smallest absolute Gasteiger partial charge is 0.290 e. The van der Waals surface area contributed by atoms with E-state index < -0.39 is 5.91 Å². The summed E-state index contributed by atoms with van der Waals surface area (Å²) < 4.78 is 0.802. The number of aryl methyl sites for hydroxylation is 1. The number of hydrogen-bond acceptors (Lipinski definition) is 4. The van der Waals surface area contributed by atoms with Crippen LogP contribution in [0, 0.1) is 10.5 Å². The molecule has 0 aliphatic carbocycles. The minimum Gasteiger partial charge on any atom is -0.298 e. The molecule has 0 bridgehead atoms. The maximum absolute atomic E-state index is 12.0. The van der Waals surface area contributed by atoms with Crippen molar-refractivity contribution in [3.63, 3.8) is 0 Å². The van der Waals surface area contributed by atoms with Crippen LogP contribution in [0.1, 0.15) is 26.5 Å². The van der Waals surface area contributed by atoms with Crippen LogP contribution in [0.2, 0.25) is 0 Å². The number of hydrazine groups is 1. The Bertz CT molecular complexity index is 731. The number of nitrogens with zero attached hydrogens (tertiary/aromatic N) is 1. The number of aromatic amines is 1. The number of hydrogen-bond donors (Lipinski definition) is 4. The Morgan fingerprint density at radius 3 is 2.59 bits per heavy atom. The normalized spacial score (nSPS) is 9.91. The van der Waals surface area contributed by atoms with E-state index >= 15 is 0 Å². The van der Waals surface area contributed by atoms with Crippen LogP contribution in [0.5, 0.6) is 0 Å². The van der Waals surface area contributed by atoms with Crippen LogP contribution in [0.3, 0.4) is 0 Å². The van der Waals surface area contributed by atoms with Gasteiger partial charge in [-0.3, -0.25) is 30.9 Å². The third-order valence-corrected chi connectivity index (χ3v) is 3.72. The van der Waals surface area contributed by atoms with E-state index in [1.165, 1.54) is 0 Å². The Hall–Kier alpha value is -2.01. The molecular formula is C13H12IN5O2S. The topological polar surface area (TPSA) is 98.9 Å². The maximum atomic E-state index is 12.0. The second-order valence-electron chi connectivity index (χ2n) is 4.28. The summed E-state index contributed by atoms with van der Waals surface area (Å²) in [4.78, 5) is 23.8. The van der Waals surface area contributed by atoms with Crippen molar-refractivity contribution in [1.29, 1.82) is 0 Å². The van der Waals surface area contributed by atoms with Gasteiger partial charge in [0.2, 0.25) is 0 Å². The summed E-state index contributed by atoms with van der Waals surface area (Å²) in [7, 11) is 0. The highest BCUT2D eigenvalue weighted by Gasteiger charge is 2.12. The largest absolute Gasteiger partial charge is 0.298 e. The summed E-state index contributed by atoms with van der Waals surface area (Å²) in [6, 6.07) is 8.68. The molecule has 0 spiro atoms. The fourth-order valence-corrected chi connectivity index (χ4v) is 2.34. The quantitative estimate of drug-likeness (QED) is 0.328. The second kappa shape index (κ2) is 7.31. The van der Waals surface area contributed by atoms with Crippen molar-refractivity contribution in [2.75, 3.05) is 0 Å². The molecule has 2 aromatic rings. The molecule has 114 valence electrons. The third kappa shape index (κ3) is 4.24. The van der Waals surface area contributed by atoms with E-state index in [1.807, 2.05) is 12.1 Å². The first-order chi connectivity index (χ1) is 10.5. The first-order valence-corrected chi connectivity index (χ1v) is 7.64. The van der Waals surface area contributed by atoms with E-state index in [0.717, 1.165) is 9.26 Å². The van der Waals surface area contributed by atoms with Crippen LogP contribution < -0.4 is 16.2 Å². The van der Waals surface area contributed by atoms with Crippen LogP contribution in [-0.2, 0) is 0 Å². The molecule has 2 amide bonds. The Morgan fingerprint density at radius 2 is 1.95 bits per heavy atom. The Kier molecular flexibility index (Phi) is 5.44. The molecule has 0 fully saturated rings. The lowest BCUT2D eigenvalue weighted by atomic mass is 10.2. The predicted molar refractivity (Wildman–Crippen MR) is 93.1 cm³/mol. The van der Waals surface area contributed by atoms with Gasteiger partial charge >= 0.3 is 0 Å². The number of H-pyrrole nitrogens is 1. The Balaban J connectivity index is 1.87. The average Bonchev–Trinajstić information content (AvgIpc) is 2.91. The predicted octanol–water partition coefficient (Wildman–Crippen LogP) is 1.27. The number of benzene rings is 1. The van der Waals surface area contributed by atoms with Crippen LogP contribution in [0.4, 0.5) is 0 Å². The van der Waals surface area contributed by atoms with E-state index in [-0.39, 0.29) is 16.7 Å². The van der Waals surface area contributed by atoms with Gasteiger partial charge in [-0.25, -0.2) is 0 Å². The summed E-state index contributed by atoms with van der Waals surface area (Å²) in [5.74, 6) is -0.817. The van der Waals surface area contributed by atoms with Gasteiger partial charge in [-0.15, -0.1) is 0 Å². The first kappa shape index (κ1) is 16.4. The molecule has 1 aromatic heterocycles. The number of thiocarbonyl (C=S) groups is 1. The number of carbonyl (C=O) groups is 2. The molecule has 1 aromatic carbocycles. The maximum Gasteiger partial charge on any atom is 0.290 e. The van der Waals surface area contributed by atoms with Crippen LogP contribution >= 0.6 is 34.8 Å². The van der Waals surface area contributed by atoms with Gasteiger partial charge in [0.05, 0.1) is 5.56 Å².